The molecule has 1 aliphatic rings. The Balaban J connectivity index is 1.33. The normalized spacial score (nSPS) is 15.0. The summed E-state index contributed by atoms with van der Waals surface area (Å²) in [4.78, 5) is 36.3. The Hall–Kier alpha value is -5.37. The molecular weight excluding hydrogens is 628 g/mol. The number of halogens is 2. The smallest absolute Gasteiger partial charge is 0.268 e. The number of rotatable bonds is 6. The molecule has 0 saturated carbocycles. The predicted molar refractivity (Wildman–Crippen MR) is 172 cm³/mol. The summed E-state index contributed by atoms with van der Waals surface area (Å²) in [5.74, 6) is -3.26. The molecule has 0 bridgehead atoms. The molecule has 0 radical (unpaired) electrons. The fourth-order valence-electron chi connectivity index (χ4n) is 5.91. The van der Waals surface area contributed by atoms with Crippen LogP contribution in [0.5, 0.6) is 0 Å². The number of hydrogen-bond acceptors (Lipinski definition) is 7. The van der Waals surface area contributed by atoms with Gasteiger partial charge in [-0.1, -0.05) is 17.7 Å². The Morgan fingerprint density at radius 2 is 1.68 bits per heavy atom. The number of amides is 1. The molecule has 14 heteroatoms. The Bertz CT molecular complexity index is 2330. The van der Waals surface area contributed by atoms with Gasteiger partial charge in [-0.3, -0.25) is 9.59 Å². The maximum Gasteiger partial charge on any atom is 0.268 e. The zero-order valence-corrected chi connectivity index (χ0v) is 26.2. The van der Waals surface area contributed by atoms with E-state index in [0.29, 0.717) is 11.1 Å². The minimum Gasteiger partial charge on any atom is -0.383 e. The number of hydrogen-bond donors (Lipinski definition) is 2. The quantitative estimate of drug-likeness (QED) is 0.233. The first-order valence-corrected chi connectivity index (χ1v) is 16.3. The molecule has 0 aliphatic carbocycles. The summed E-state index contributed by atoms with van der Waals surface area (Å²) in [7, 11) is -4.33. The largest absolute Gasteiger partial charge is 0.383 e. The summed E-state index contributed by atoms with van der Waals surface area (Å²) in [6, 6.07) is 17.3. The molecular formula is C33H29F2N7O4S. The Morgan fingerprint density at radius 1 is 0.957 bits per heavy atom. The van der Waals surface area contributed by atoms with Crippen LogP contribution in [0.2, 0.25) is 0 Å². The van der Waals surface area contributed by atoms with Crippen LogP contribution in [-0.2, 0) is 10.0 Å². The van der Waals surface area contributed by atoms with Gasteiger partial charge in [0.05, 0.1) is 38.9 Å². The highest BCUT2D eigenvalue weighted by atomic mass is 32.2. The van der Waals surface area contributed by atoms with Crippen LogP contribution < -0.4 is 5.73 Å². The number of fused-ring (bicyclic) bond motifs is 2. The lowest BCUT2D eigenvalue weighted by atomic mass is 10.0. The van der Waals surface area contributed by atoms with Crippen LogP contribution in [0.25, 0.3) is 27.6 Å². The van der Waals surface area contributed by atoms with Crippen LogP contribution in [0.4, 0.5) is 14.6 Å². The average Bonchev–Trinajstić information content (AvgIpc) is 3.73. The molecule has 47 heavy (non-hydrogen) atoms. The standard InChI is InChI=1S/C33H29F2N7O4S/c1-19-3-7-24(8-4-19)47(45,46)42-28-10-5-21(32(44)40-13-11-33(34,35)12-14-40)15-22(28)16-29(42)30(43)25-18-37-41(31(25)36)23-6-9-26-27(17-23)39-20(2)38-26/h3-10,15-18H,11-14,36H2,1-2H3,(H,38,39). The van der Waals surface area contributed by atoms with Crippen LogP contribution in [0, 0.1) is 13.8 Å². The van der Waals surface area contributed by atoms with Crippen molar-refractivity contribution >= 4 is 49.5 Å². The van der Waals surface area contributed by atoms with Crippen molar-refractivity contribution in [2.75, 3.05) is 18.8 Å². The summed E-state index contributed by atoms with van der Waals surface area (Å²) < 4.78 is 58.1. The van der Waals surface area contributed by atoms with E-state index in [4.69, 9.17) is 5.73 Å². The number of likely N-dealkylation sites (tertiary alicyclic amines) is 1. The minimum absolute atomic E-state index is 0.00658. The van der Waals surface area contributed by atoms with Crippen molar-refractivity contribution < 1.29 is 26.8 Å². The zero-order chi connectivity index (χ0) is 33.2. The lowest BCUT2D eigenvalue weighted by Crippen LogP contribution is -2.42. The number of carbonyl (C=O) groups excluding carboxylic acids is 2. The van der Waals surface area contributed by atoms with Gasteiger partial charge in [0.2, 0.25) is 5.78 Å². The molecule has 11 nitrogen and oxygen atoms in total. The van der Waals surface area contributed by atoms with Crippen LogP contribution in [-0.4, -0.2) is 67.7 Å². The highest BCUT2D eigenvalue weighted by Crippen LogP contribution is 2.32. The lowest BCUT2D eigenvalue weighted by Gasteiger charge is -2.31. The highest BCUT2D eigenvalue weighted by Gasteiger charge is 2.36. The number of imidazole rings is 1. The number of H-pyrrole nitrogens is 1. The zero-order valence-electron chi connectivity index (χ0n) is 25.4. The van der Waals surface area contributed by atoms with Crippen LogP contribution in [0.3, 0.4) is 0 Å². The molecule has 4 heterocycles. The number of anilines is 1. The topological polar surface area (TPSA) is 149 Å². The van der Waals surface area contributed by atoms with Crippen LogP contribution >= 0.6 is 0 Å². The molecule has 0 atom stereocenters. The molecule has 3 aromatic heterocycles. The maximum atomic E-state index is 14.2. The van der Waals surface area contributed by atoms with E-state index in [0.717, 1.165) is 26.4 Å². The third-order valence-electron chi connectivity index (χ3n) is 8.46. The number of piperidine rings is 1. The van der Waals surface area contributed by atoms with Gasteiger partial charge in [0, 0.05) is 36.9 Å². The van der Waals surface area contributed by atoms with Gasteiger partial charge in [0.25, 0.3) is 21.9 Å². The van der Waals surface area contributed by atoms with E-state index in [-0.39, 0.29) is 46.1 Å². The van der Waals surface area contributed by atoms with E-state index >= 15 is 0 Å². The molecule has 7 rings (SSSR count). The molecule has 6 aromatic rings. The Labute approximate surface area is 267 Å². The van der Waals surface area contributed by atoms with Gasteiger partial charge in [-0.25, -0.2) is 30.8 Å². The molecule has 1 amide bonds. The number of aromatic amines is 1. The van der Waals surface area contributed by atoms with Crippen molar-refractivity contribution in [3.8, 4) is 5.69 Å². The number of nitrogens with zero attached hydrogens (tertiary/aromatic N) is 5. The third kappa shape index (κ3) is 5.23. The van der Waals surface area contributed by atoms with Gasteiger partial charge >= 0.3 is 0 Å². The predicted octanol–water partition coefficient (Wildman–Crippen LogP) is 5.24. The molecule has 3 aromatic carbocycles. The molecule has 240 valence electrons. The van der Waals surface area contributed by atoms with E-state index in [1.165, 1.54) is 52.2 Å². The first-order valence-electron chi connectivity index (χ1n) is 14.8. The number of nitrogen functional groups attached to an aromatic ring is 1. The SMILES string of the molecule is Cc1ccc(S(=O)(=O)n2c(C(=O)c3cnn(-c4ccc5nc(C)[nH]c5c4)c3N)cc3cc(C(=O)N4CCC(F)(F)CC4)ccc32)cc1. The molecule has 1 saturated heterocycles. The third-order valence-corrected chi connectivity index (χ3v) is 10.2. The van der Waals surface area contributed by atoms with Crippen molar-refractivity contribution in [3.63, 3.8) is 0 Å². The number of nitrogens with two attached hydrogens (primary N) is 1. The fraction of sp³-hybridized carbons (Fsp3) is 0.212. The van der Waals surface area contributed by atoms with Gasteiger partial charge in [-0.15, -0.1) is 0 Å². The van der Waals surface area contributed by atoms with E-state index in [9.17, 15) is 26.8 Å². The monoisotopic (exact) mass is 657 g/mol. The van der Waals surface area contributed by atoms with Gasteiger partial charge in [-0.05, 0) is 68.4 Å². The number of nitrogens with one attached hydrogen (secondary N) is 1. The van der Waals surface area contributed by atoms with Crippen molar-refractivity contribution in [2.45, 2.75) is 37.5 Å². The van der Waals surface area contributed by atoms with Gasteiger partial charge in [0.1, 0.15) is 17.3 Å². The molecule has 1 fully saturated rings. The van der Waals surface area contributed by atoms with Crippen LogP contribution in [0.1, 0.15) is 50.6 Å². The number of carbonyl (C=O) groups is 2. The van der Waals surface area contributed by atoms with E-state index in [2.05, 4.69) is 15.1 Å². The number of alkyl halides is 2. The number of benzene rings is 3. The number of ketones is 1. The second-order valence-electron chi connectivity index (χ2n) is 11.7. The summed E-state index contributed by atoms with van der Waals surface area (Å²) in [5, 5.41) is 4.63. The van der Waals surface area contributed by atoms with Crippen molar-refractivity contribution in [3.05, 3.63) is 101 Å². The lowest BCUT2D eigenvalue weighted by molar-refractivity contribution is -0.0494. The van der Waals surface area contributed by atoms with E-state index < -0.39 is 40.5 Å². The summed E-state index contributed by atoms with van der Waals surface area (Å²) in [6.07, 6.45) is 0.409. The second kappa shape index (κ2) is 10.9. The molecule has 3 N–H and O–H groups in total. The minimum atomic E-state index is -4.33. The van der Waals surface area contributed by atoms with E-state index in [1.807, 2.05) is 13.8 Å². The first-order chi connectivity index (χ1) is 22.3. The van der Waals surface area contributed by atoms with E-state index in [1.54, 1.807) is 30.3 Å². The Morgan fingerprint density at radius 3 is 2.40 bits per heavy atom. The number of aromatic nitrogens is 5. The molecule has 0 unspecified atom stereocenters. The summed E-state index contributed by atoms with van der Waals surface area (Å²) >= 11 is 0. The maximum absolute atomic E-state index is 14.2. The second-order valence-corrected chi connectivity index (χ2v) is 13.5. The van der Waals surface area contributed by atoms with Crippen molar-refractivity contribution in [1.82, 2.24) is 28.6 Å². The Kier molecular flexibility index (Phi) is 7.00. The van der Waals surface area contributed by atoms with Gasteiger partial charge < -0.3 is 15.6 Å². The first kappa shape index (κ1) is 30.3. The highest BCUT2D eigenvalue weighted by molar-refractivity contribution is 7.90. The molecule has 0 spiro atoms. The van der Waals surface area contributed by atoms with Crippen LogP contribution in [0.15, 0.2) is 77.8 Å². The van der Waals surface area contributed by atoms with Gasteiger partial charge in [-0.2, -0.15) is 5.10 Å². The summed E-state index contributed by atoms with van der Waals surface area (Å²) in [5.41, 5.74) is 9.45. The number of aryl methyl sites for hydroxylation is 2. The molecule has 1 aliphatic heterocycles. The fourth-order valence-corrected chi connectivity index (χ4v) is 7.42. The average molecular weight is 658 g/mol. The summed E-state index contributed by atoms with van der Waals surface area (Å²) in [6.45, 7) is 3.44. The van der Waals surface area contributed by atoms with Gasteiger partial charge in [0.15, 0.2) is 0 Å². The van der Waals surface area contributed by atoms with Crippen molar-refractivity contribution in [2.24, 2.45) is 0 Å². The van der Waals surface area contributed by atoms with Crippen molar-refractivity contribution in [1.29, 1.82) is 0 Å².